The van der Waals surface area contributed by atoms with Gasteiger partial charge in [0.15, 0.2) is 0 Å². The standard InChI is InChI=1S/C10H12N4O5S/c11-8(16)18-10(19-9(12)17,20-6-5-15)14-7-3-1-2-4-13-7/h1-5H,6H2,(H2,11,16)(H2,12,17)(H,13,14). The van der Waals surface area contributed by atoms with Crippen molar-refractivity contribution in [1.29, 1.82) is 0 Å². The topological polar surface area (TPSA) is 147 Å². The number of nitrogens with one attached hydrogen (secondary N) is 1. The summed E-state index contributed by atoms with van der Waals surface area (Å²) in [6, 6.07) is 4.80. The monoisotopic (exact) mass is 300 g/mol. The van der Waals surface area contributed by atoms with E-state index in [1.54, 1.807) is 12.1 Å². The van der Waals surface area contributed by atoms with E-state index in [9.17, 15) is 14.4 Å². The van der Waals surface area contributed by atoms with Crippen molar-refractivity contribution in [3.8, 4) is 0 Å². The molecule has 0 fully saturated rings. The number of anilines is 1. The lowest BCUT2D eigenvalue weighted by molar-refractivity contribution is -0.106. The summed E-state index contributed by atoms with van der Waals surface area (Å²) in [5, 5.41) is 0.460. The largest absolute Gasteiger partial charge is 0.409 e. The van der Waals surface area contributed by atoms with Crippen molar-refractivity contribution in [2.24, 2.45) is 11.5 Å². The molecule has 9 nitrogen and oxygen atoms in total. The molecule has 0 unspecified atom stereocenters. The number of rotatable bonds is 7. The first-order valence-electron chi connectivity index (χ1n) is 5.21. The molecule has 0 aromatic carbocycles. The SMILES string of the molecule is NC(=O)OC(Nc1ccccn1)(OC(N)=O)SCC=O. The number of aromatic nitrogens is 1. The predicted molar refractivity (Wildman–Crippen MR) is 70.4 cm³/mol. The van der Waals surface area contributed by atoms with Crippen LogP contribution in [-0.4, -0.2) is 34.5 Å². The van der Waals surface area contributed by atoms with Gasteiger partial charge in [0, 0.05) is 6.20 Å². The second kappa shape index (κ2) is 7.19. The Bertz CT molecular complexity index is 468. The molecule has 1 aromatic rings. The summed E-state index contributed by atoms with van der Waals surface area (Å²) in [6.07, 6.45) is -0.485. The highest BCUT2D eigenvalue weighted by Crippen LogP contribution is 2.29. The van der Waals surface area contributed by atoms with Crippen LogP contribution >= 0.6 is 11.8 Å². The molecule has 0 radical (unpaired) electrons. The third-order valence-electron chi connectivity index (χ3n) is 1.76. The molecule has 2 amide bonds. The van der Waals surface area contributed by atoms with Gasteiger partial charge in [0.05, 0.1) is 5.75 Å². The highest BCUT2D eigenvalue weighted by Gasteiger charge is 2.39. The maximum atomic E-state index is 11.0. The minimum absolute atomic E-state index is 0.152. The van der Waals surface area contributed by atoms with Crippen molar-refractivity contribution in [2.45, 2.75) is 5.24 Å². The van der Waals surface area contributed by atoms with Crippen molar-refractivity contribution in [1.82, 2.24) is 4.98 Å². The maximum Gasteiger partial charge on any atom is 0.409 e. The van der Waals surface area contributed by atoms with Crippen molar-refractivity contribution in [3.05, 3.63) is 24.4 Å². The molecule has 0 saturated carbocycles. The average Bonchev–Trinajstić information content (AvgIpc) is 2.36. The van der Waals surface area contributed by atoms with Gasteiger partial charge >= 0.3 is 17.4 Å². The Morgan fingerprint density at radius 1 is 1.35 bits per heavy atom. The second-order valence-corrected chi connectivity index (χ2v) is 4.38. The number of carbonyl (C=O) groups excluding carboxylic acids is 3. The quantitative estimate of drug-likeness (QED) is 0.479. The Kier molecular flexibility index (Phi) is 5.59. The Balaban J connectivity index is 3.02. The molecule has 0 spiro atoms. The van der Waals surface area contributed by atoms with Crippen LogP contribution in [0.25, 0.3) is 0 Å². The Labute approximate surface area is 118 Å². The number of nitrogens with zero attached hydrogens (tertiary/aromatic N) is 1. The van der Waals surface area contributed by atoms with Crippen LogP contribution in [0.3, 0.4) is 0 Å². The zero-order chi connectivity index (χ0) is 15.0. The lowest BCUT2D eigenvalue weighted by atomic mass is 10.5. The third kappa shape index (κ3) is 5.02. The first-order chi connectivity index (χ1) is 9.47. The van der Waals surface area contributed by atoms with Crippen molar-refractivity contribution in [2.75, 3.05) is 11.1 Å². The van der Waals surface area contributed by atoms with Crippen molar-refractivity contribution < 1.29 is 23.9 Å². The molecular weight excluding hydrogens is 288 g/mol. The molecule has 20 heavy (non-hydrogen) atoms. The normalized spacial score (nSPS) is 10.4. The molecule has 0 saturated heterocycles. The average molecular weight is 300 g/mol. The summed E-state index contributed by atoms with van der Waals surface area (Å²) in [6.45, 7) is 0. The van der Waals surface area contributed by atoms with Crippen LogP contribution in [0.15, 0.2) is 24.4 Å². The minimum Gasteiger partial charge on any atom is -0.378 e. The smallest absolute Gasteiger partial charge is 0.378 e. The van der Waals surface area contributed by atoms with Gasteiger partial charge < -0.3 is 25.7 Å². The summed E-state index contributed by atoms with van der Waals surface area (Å²) in [5.41, 5.74) is 9.85. The van der Waals surface area contributed by atoms with Crippen molar-refractivity contribution in [3.63, 3.8) is 0 Å². The highest BCUT2D eigenvalue weighted by molar-refractivity contribution is 8.01. The molecule has 0 bridgehead atoms. The lowest BCUT2D eigenvalue weighted by Gasteiger charge is -2.30. The molecule has 0 atom stereocenters. The predicted octanol–water partition coefficient (Wildman–Crippen LogP) is 0.227. The molecule has 10 heteroatoms. The summed E-state index contributed by atoms with van der Waals surface area (Å²) < 4.78 is 9.45. The van der Waals surface area contributed by atoms with E-state index in [0.717, 1.165) is 0 Å². The zero-order valence-electron chi connectivity index (χ0n) is 10.1. The highest BCUT2D eigenvalue weighted by atomic mass is 32.2. The molecule has 0 aliphatic heterocycles. The van der Waals surface area contributed by atoms with Crippen LogP contribution in [-0.2, 0) is 14.3 Å². The van der Waals surface area contributed by atoms with Gasteiger partial charge in [-0.2, -0.15) is 0 Å². The fourth-order valence-electron chi connectivity index (χ4n) is 1.17. The van der Waals surface area contributed by atoms with Gasteiger partial charge in [0.1, 0.15) is 12.1 Å². The van der Waals surface area contributed by atoms with Crippen LogP contribution in [0.2, 0.25) is 0 Å². The summed E-state index contributed by atoms with van der Waals surface area (Å²) in [7, 11) is 0. The van der Waals surface area contributed by atoms with E-state index in [2.05, 4.69) is 10.3 Å². The van der Waals surface area contributed by atoms with Gasteiger partial charge in [-0.25, -0.2) is 14.6 Å². The maximum absolute atomic E-state index is 11.0. The Morgan fingerprint density at radius 2 is 2.00 bits per heavy atom. The molecule has 5 N–H and O–H groups in total. The fourth-order valence-corrected chi connectivity index (χ4v) is 1.92. The van der Waals surface area contributed by atoms with Crippen LogP contribution in [0, 0.1) is 0 Å². The molecule has 0 aliphatic carbocycles. The minimum atomic E-state index is -2.08. The van der Waals surface area contributed by atoms with E-state index in [0.29, 0.717) is 18.0 Å². The zero-order valence-corrected chi connectivity index (χ0v) is 11.0. The fraction of sp³-hybridized carbons (Fsp3) is 0.200. The first-order valence-corrected chi connectivity index (χ1v) is 6.19. The van der Waals surface area contributed by atoms with Crippen LogP contribution in [0.1, 0.15) is 0 Å². The number of nitrogens with two attached hydrogens (primary N) is 2. The van der Waals surface area contributed by atoms with E-state index >= 15 is 0 Å². The van der Waals surface area contributed by atoms with Crippen LogP contribution in [0.5, 0.6) is 0 Å². The number of hydrogen-bond donors (Lipinski definition) is 3. The van der Waals surface area contributed by atoms with Gasteiger partial charge in [0.2, 0.25) is 0 Å². The number of ether oxygens (including phenoxy) is 2. The lowest BCUT2D eigenvalue weighted by Crippen LogP contribution is -2.47. The van der Waals surface area contributed by atoms with Crippen molar-refractivity contribution >= 4 is 36.1 Å². The second-order valence-electron chi connectivity index (χ2n) is 3.22. The number of carbonyl (C=O) groups is 3. The number of aldehydes is 1. The van der Waals surface area contributed by atoms with E-state index in [1.165, 1.54) is 12.3 Å². The van der Waals surface area contributed by atoms with Gasteiger partial charge in [-0.05, 0) is 23.9 Å². The van der Waals surface area contributed by atoms with E-state index in [-0.39, 0.29) is 11.6 Å². The van der Waals surface area contributed by atoms with Gasteiger partial charge in [-0.3, -0.25) is 5.32 Å². The molecule has 108 valence electrons. The number of primary amides is 2. The van der Waals surface area contributed by atoms with Gasteiger partial charge in [-0.1, -0.05) is 6.07 Å². The Hall–Kier alpha value is -2.49. The van der Waals surface area contributed by atoms with Crippen LogP contribution < -0.4 is 16.8 Å². The number of pyridine rings is 1. The van der Waals surface area contributed by atoms with Gasteiger partial charge in [-0.15, -0.1) is 0 Å². The van der Waals surface area contributed by atoms with E-state index in [4.69, 9.17) is 20.9 Å². The van der Waals surface area contributed by atoms with Crippen LogP contribution in [0.4, 0.5) is 15.4 Å². The van der Waals surface area contributed by atoms with E-state index in [1.807, 2.05) is 0 Å². The molecule has 0 aliphatic rings. The Morgan fingerprint density at radius 3 is 2.45 bits per heavy atom. The summed E-state index contributed by atoms with van der Waals surface area (Å²) in [5.74, 6) is 0.0637. The number of hydrogen-bond acceptors (Lipinski definition) is 8. The number of thioether (sulfide) groups is 1. The summed E-state index contributed by atoms with van der Waals surface area (Å²) in [4.78, 5) is 36.3. The van der Waals surface area contributed by atoms with Gasteiger partial charge in [0.25, 0.3) is 0 Å². The molecule has 1 heterocycles. The molecule has 1 rings (SSSR count). The molecule has 1 aromatic heterocycles. The summed E-state index contributed by atoms with van der Waals surface area (Å²) >= 11 is 0.655. The third-order valence-corrected chi connectivity index (χ3v) is 2.71. The first kappa shape index (κ1) is 15.6. The van der Waals surface area contributed by atoms with E-state index < -0.39 is 17.4 Å². The number of amides is 2. The molecular formula is C10H12N4O5S.